The molecule has 1 aliphatic heterocycles. The van der Waals surface area contributed by atoms with Gasteiger partial charge in [-0.25, -0.2) is 13.2 Å². The predicted octanol–water partition coefficient (Wildman–Crippen LogP) is 2.08. The van der Waals surface area contributed by atoms with E-state index in [-0.39, 0.29) is 10.5 Å². The van der Waals surface area contributed by atoms with Crippen molar-refractivity contribution in [2.24, 2.45) is 0 Å². The third-order valence-electron chi connectivity index (χ3n) is 4.46. The summed E-state index contributed by atoms with van der Waals surface area (Å²) < 4.78 is 31.3. The van der Waals surface area contributed by atoms with Gasteiger partial charge in [-0.3, -0.25) is 9.59 Å². The molecule has 0 radical (unpaired) electrons. The van der Waals surface area contributed by atoms with Gasteiger partial charge in [0.15, 0.2) is 6.61 Å². The first-order chi connectivity index (χ1) is 13.9. The van der Waals surface area contributed by atoms with Crippen LogP contribution in [0.25, 0.3) is 0 Å². The molecule has 8 nitrogen and oxygen atoms in total. The van der Waals surface area contributed by atoms with Crippen molar-refractivity contribution < 1.29 is 27.5 Å². The fourth-order valence-electron chi connectivity index (χ4n) is 2.90. The molecule has 2 aromatic rings. The lowest BCUT2D eigenvalue weighted by Gasteiger charge is -2.15. The Balaban J connectivity index is 1.53. The lowest BCUT2D eigenvalue weighted by molar-refractivity contribution is -0.119. The number of hydrogen-bond donors (Lipinski definition) is 1. The van der Waals surface area contributed by atoms with Crippen LogP contribution in [0.3, 0.4) is 0 Å². The quantitative estimate of drug-likeness (QED) is 0.547. The number of amides is 1. The molecule has 1 saturated heterocycles. The maximum Gasteiger partial charge on any atom is 0.338 e. The number of ether oxygens (including phenoxy) is 1. The van der Waals surface area contributed by atoms with Gasteiger partial charge in [0.05, 0.1) is 10.5 Å². The highest BCUT2D eigenvalue weighted by Crippen LogP contribution is 2.22. The van der Waals surface area contributed by atoms with E-state index >= 15 is 0 Å². The smallest absolute Gasteiger partial charge is 0.338 e. The Bertz CT molecular complexity index is 994. The van der Waals surface area contributed by atoms with Gasteiger partial charge in [-0.2, -0.15) is 4.31 Å². The maximum atomic E-state index is 12.5. The van der Waals surface area contributed by atoms with Crippen molar-refractivity contribution in [2.45, 2.75) is 17.7 Å². The normalized spacial score (nSPS) is 14.3. The van der Waals surface area contributed by atoms with Gasteiger partial charge in [0.2, 0.25) is 10.0 Å². The lowest BCUT2D eigenvalue weighted by atomic mass is 10.1. The fraction of sp³-hybridized carbons (Fsp3) is 0.250. The Hall–Kier alpha value is -3.04. The number of anilines is 1. The summed E-state index contributed by atoms with van der Waals surface area (Å²) in [6.07, 6.45) is 2.37. The van der Waals surface area contributed by atoms with Crippen molar-refractivity contribution in [3.8, 4) is 0 Å². The predicted molar refractivity (Wildman–Crippen MR) is 105 cm³/mol. The first kappa shape index (κ1) is 20.7. The van der Waals surface area contributed by atoms with Crippen LogP contribution in [0.15, 0.2) is 53.4 Å². The third kappa shape index (κ3) is 5.07. The summed E-state index contributed by atoms with van der Waals surface area (Å²) in [5.74, 6) is -1.25. The van der Waals surface area contributed by atoms with Crippen molar-refractivity contribution in [1.82, 2.24) is 4.31 Å². The average molecular weight is 416 g/mol. The van der Waals surface area contributed by atoms with Crippen molar-refractivity contribution in [3.05, 3.63) is 59.7 Å². The Morgan fingerprint density at radius 2 is 1.62 bits per heavy atom. The van der Waals surface area contributed by atoms with E-state index in [0.717, 1.165) is 12.8 Å². The number of carbonyl (C=O) groups is 3. The van der Waals surface area contributed by atoms with E-state index in [2.05, 4.69) is 5.32 Å². The topological polar surface area (TPSA) is 110 Å². The summed E-state index contributed by atoms with van der Waals surface area (Å²) in [7, 11) is -3.51. The number of nitrogens with one attached hydrogen (secondary N) is 1. The molecule has 0 atom stereocenters. The summed E-state index contributed by atoms with van der Waals surface area (Å²) in [6.45, 7) is 0.538. The van der Waals surface area contributed by atoms with Crippen LogP contribution in [-0.2, 0) is 19.6 Å². The number of nitrogens with zero attached hydrogens (tertiary/aromatic N) is 1. The molecule has 1 aliphatic rings. The zero-order valence-electron chi connectivity index (χ0n) is 15.5. The molecular weight excluding hydrogens is 396 g/mol. The second-order valence-corrected chi connectivity index (χ2v) is 8.44. The fourth-order valence-corrected chi connectivity index (χ4v) is 4.41. The zero-order valence-corrected chi connectivity index (χ0v) is 16.4. The van der Waals surface area contributed by atoms with Crippen molar-refractivity contribution in [2.75, 3.05) is 25.0 Å². The molecule has 1 fully saturated rings. The van der Waals surface area contributed by atoms with Crippen LogP contribution in [0.5, 0.6) is 0 Å². The van der Waals surface area contributed by atoms with Crippen LogP contribution >= 0.6 is 0 Å². The number of benzene rings is 2. The molecule has 0 aliphatic carbocycles. The van der Waals surface area contributed by atoms with Gasteiger partial charge < -0.3 is 10.1 Å². The zero-order chi connectivity index (χ0) is 20.9. The molecule has 3 rings (SSSR count). The molecule has 0 saturated carbocycles. The number of rotatable bonds is 7. The monoisotopic (exact) mass is 416 g/mol. The third-order valence-corrected chi connectivity index (χ3v) is 6.37. The number of sulfonamides is 1. The van der Waals surface area contributed by atoms with E-state index in [1.54, 1.807) is 0 Å². The standard InChI is InChI=1S/C20H20N2O6S/c23-13-15-3-5-16(6-4-15)20(25)28-14-19(24)21-17-7-9-18(10-8-17)29(26,27)22-11-1-2-12-22/h3-10,13H,1-2,11-12,14H2,(H,21,24). The van der Waals surface area contributed by atoms with Crippen LogP contribution in [0, 0.1) is 0 Å². The summed E-state index contributed by atoms with van der Waals surface area (Å²) in [5, 5.41) is 2.54. The van der Waals surface area contributed by atoms with Crippen LogP contribution in [0.1, 0.15) is 33.6 Å². The SMILES string of the molecule is O=Cc1ccc(C(=O)OCC(=O)Nc2ccc(S(=O)(=O)N3CCCC3)cc2)cc1. The molecule has 2 aromatic carbocycles. The van der Waals surface area contributed by atoms with Crippen molar-refractivity contribution in [1.29, 1.82) is 0 Å². The van der Waals surface area contributed by atoms with Gasteiger partial charge in [0.1, 0.15) is 6.29 Å². The molecule has 9 heteroatoms. The molecule has 0 bridgehead atoms. The Kier molecular flexibility index (Phi) is 6.40. The van der Waals surface area contributed by atoms with Crippen LogP contribution < -0.4 is 5.32 Å². The van der Waals surface area contributed by atoms with Crippen LogP contribution in [-0.4, -0.2) is 50.6 Å². The molecule has 1 amide bonds. The van der Waals surface area contributed by atoms with E-state index in [0.29, 0.717) is 30.6 Å². The molecule has 0 aromatic heterocycles. The maximum absolute atomic E-state index is 12.5. The van der Waals surface area contributed by atoms with E-state index < -0.39 is 28.5 Å². The summed E-state index contributed by atoms with van der Waals surface area (Å²) in [4.78, 5) is 34.7. The van der Waals surface area contributed by atoms with E-state index in [1.165, 1.54) is 52.8 Å². The summed E-state index contributed by atoms with van der Waals surface area (Å²) in [5.41, 5.74) is 1.04. The minimum atomic E-state index is -3.51. The molecular formula is C20H20N2O6S. The molecule has 0 unspecified atom stereocenters. The van der Waals surface area contributed by atoms with E-state index in [9.17, 15) is 22.8 Å². The number of aldehydes is 1. The van der Waals surface area contributed by atoms with Gasteiger partial charge in [0, 0.05) is 24.3 Å². The molecule has 1 heterocycles. The summed E-state index contributed by atoms with van der Waals surface area (Å²) in [6, 6.07) is 11.7. The van der Waals surface area contributed by atoms with Crippen LogP contribution in [0.2, 0.25) is 0 Å². The average Bonchev–Trinajstić information content (AvgIpc) is 3.28. The van der Waals surface area contributed by atoms with Gasteiger partial charge in [-0.05, 0) is 49.2 Å². The van der Waals surface area contributed by atoms with Gasteiger partial charge in [-0.15, -0.1) is 0 Å². The summed E-state index contributed by atoms with van der Waals surface area (Å²) >= 11 is 0. The Morgan fingerprint density at radius 1 is 1.00 bits per heavy atom. The minimum absolute atomic E-state index is 0.169. The van der Waals surface area contributed by atoms with E-state index in [4.69, 9.17) is 4.74 Å². The highest BCUT2D eigenvalue weighted by Gasteiger charge is 2.26. The molecule has 152 valence electrons. The number of carbonyl (C=O) groups excluding carboxylic acids is 3. The van der Waals surface area contributed by atoms with Gasteiger partial charge in [-0.1, -0.05) is 12.1 Å². The van der Waals surface area contributed by atoms with E-state index in [1.807, 2.05) is 0 Å². The highest BCUT2D eigenvalue weighted by atomic mass is 32.2. The van der Waals surface area contributed by atoms with Crippen molar-refractivity contribution >= 4 is 33.9 Å². The van der Waals surface area contributed by atoms with Crippen molar-refractivity contribution in [3.63, 3.8) is 0 Å². The lowest BCUT2D eigenvalue weighted by Crippen LogP contribution is -2.27. The van der Waals surface area contributed by atoms with Gasteiger partial charge >= 0.3 is 5.97 Å². The molecule has 1 N–H and O–H groups in total. The highest BCUT2D eigenvalue weighted by molar-refractivity contribution is 7.89. The minimum Gasteiger partial charge on any atom is -0.452 e. The van der Waals surface area contributed by atoms with Gasteiger partial charge in [0.25, 0.3) is 5.91 Å². The largest absolute Gasteiger partial charge is 0.452 e. The Labute approximate surface area is 168 Å². The Morgan fingerprint density at radius 3 is 2.21 bits per heavy atom. The first-order valence-corrected chi connectivity index (χ1v) is 10.5. The first-order valence-electron chi connectivity index (χ1n) is 9.02. The second kappa shape index (κ2) is 8.97. The molecule has 0 spiro atoms. The van der Waals surface area contributed by atoms with Crippen LogP contribution in [0.4, 0.5) is 5.69 Å². The number of esters is 1. The second-order valence-electron chi connectivity index (χ2n) is 6.50. The number of hydrogen-bond acceptors (Lipinski definition) is 6. The molecule has 29 heavy (non-hydrogen) atoms.